The van der Waals surface area contributed by atoms with Crippen LogP contribution >= 0.6 is 0 Å². The summed E-state index contributed by atoms with van der Waals surface area (Å²) < 4.78 is 17.2. The maximum Gasteiger partial charge on any atom is 0.114 e. The average molecular weight is 133 g/mol. The molecule has 1 N–H and O–H groups in total. The van der Waals surface area contributed by atoms with Crippen molar-refractivity contribution in [1.82, 2.24) is 5.32 Å². The molecular formula is C6H12FNO. The van der Waals surface area contributed by atoms with E-state index in [-0.39, 0.29) is 6.04 Å². The van der Waals surface area contributed by atoms with Crippen LogP contribution in [-0.2, 0) is 4.74 Å². The van der Waals surface area contributed by atoms with Crippen LogP contribution < -0.4 is 5.32 Å². The minimum absolute atomic E-state index is 0.241. The van der Waals surface area contributed by atoms with Gasteiger partial charge in [0, 0.05) is 19.7 Å². The van der Waals surface area contributed by atoms with Gasteiger partial charge < -0.3 is 10.1 Å². The van der Waals surface area contributed by atoms with Crippen molar-refractivity contribution in [3.63, 3.8) is 0 Å². The van der Waals surface area contributed by atoms with Gasteiger partial charge in [0.1, 0.15) is 6.17 Å². The Balaban J connectivity index is 2.14. The Kier molecular flexibility index (Phi) is 2.42. The number of methoxy groups -OCH3 is 1. The normalized spacial score (nSPS) is 35.3. The summed E-state index contributed by atoms with van der Waals surface area (Å²) in [5, 5.41) is 3.01. The van der Waals surface area contributed by atoms with Gasteiger partial charge in [-0.05, 0) is 6.42 Å². The van der Waals surface area contributed by atoms with E-state index in [9.17, 15) is 4.39 Å². The van der Waals surface area contributed by atoms with E-state index in [4.69, 9.17) is 4.74 Å². The van der Waals surface area contributed by atoms with Crippen LogP contribution in [0.4, 0.5) is 4.39 Å². The number of ether oxygens (including phenoxy) is 1. The van der Waals surface area contributed by atoms with Crippen molar-refractivity contribution in [1.29, 1.82) is 0 Å². The molecule has 0 bridgehead atoms. The molecule has 3 heteroatoms. The summed E-state index contributed by atoms with van der Waals surface area (Å²) in [4.78, 5) is 0. The highest BCUT2D eigenvalue weighted by Gasteiger charge is 2.22. The van der Waals surface area contributed by atoms with Gasteiger partial charge in [0.25, 0.3) is 0 Å². The number of alkyl halides is 1. The van der Waals surface area contributed by atoms with E-state index in [1.54, 1.807) is 7.11 Å². The third-order valence-corrected chi connectivity index (χ3v) is 1.54. The van der Waals surface area contributed by atoms with E-state index in [0.717, 1.165) is 0 Å². The molecule has 2 nitrogen and oxygen atoms in total. The van der Waals surface area contributed by atoms with Crippen molar-refractivity contribution in [3.05, 3.63) is 0 Å². The van der Waals surface area contributed by atoms with Gasteiger partial charge in [-0.1, -0.05) is 0 Å². The van der Waals surface area contributed by atoms with Crippen LogP contribution in [0.1, 0.15) is 6.42 Å². The topological polar surface area (TPSA) is 21.3 Å². The molecule has 1 saturated heterocycles. The maximum atomic E-state index is 12.4. The molecular weight excluding hydrogens is 121 g/mol. The van der Waals surface area contributed by atoms with Crippen molar-refractivity contribution in [2.75, 3.05) is 20.3 Å². The highest BCUT2D eigenvalue weighted by molar-refractivity contribution is 4.80. The Bertz CT molecular complexity index is 87.1. The zero-order valence-electron chi connectivity index (χ0n) is 5.56. The molecule has 54 valence electrons. The van der Waals surface area contributed by atoms with Gasteiger partial charge in [-0.15, -0.1) is 0 Å². The van der Waals surface area contributed by atoms with Crippen molar-refractivity contribution >= 4 is 0 Å². The van der Waals surface area contributed by atoms with E-state index < -0.39 is 6.17 Å². The zero-order chi connectivity index (χ0) is 6.69. The number of nitrogens with one attached hydrogen (secondary N) is 1. The van der Waals surface area contributed by atoms with Crippen LogP contribution in [0.3, 0.4) is 0 Å². The van der Waals surface area contributed by atoms with Gasteiger partial charge in [0.15, 0.2) is 0 Å². The molecule has 0 aromatic rings. The summed E-state index contributed by atoms with van der Waals surface area (Å²) >= 11 is 0. The quantitative estimate of drug-likeness (QED) is 0.586. The monoisotopic (exact) mass is 133 g/mol. The van der Waals surface area contributed by atoms with E-state index in [1.807, 2.05) is 0 Å². The Morgan fingerprint density at radius 3 is 3.00 bits per heavy atom. The Morgan fingerprint density at radius 2 is 2.56 bits per heavy atom. The molecule has 1 aliphatic heterocycles. The van der Waals surface area contributed by atoms with Crippen LogP contribution in [0, 0.1) is 0 Å². The molecule has 0 unspecified atom stereocenters. The number of hydrogen-bond acceptors (Lipinski definition) is 2. The fourth-order valence-electron chi connectivity index (χ4n) is 1.10. The first kappa shape index (κ1) is 6.96. The van der Waals surface area contributed by atoms with Gasteiger partial charge in [-0.25, -0.2) is 4.39 Å². The summed E-state index contributed by atoms with van der Waals surface area (Å²) in [5.41, 5.74) is 0. The summed E-state index contributed by atoms with van der Waals surface area (Å²) in [7, 11) is 1.63. The third kappa shape index (κ3) is 1.91. The lowest BCUT2D eigenvalue weighted by molar-refractivity contribution is 0.171. The van der Waals surface area contributed by atoms with Crippen LogP contribution in [0.2, 0.25) is 0 Å². The number of rotatable bonds is 2. The van der Waals surface area contributed by atoms with Gasteiger partial charge >= 0.3 is 0 Å². The minimum atomic E-state index is -0.662. The fourth-order valence-corrected chi connectivity index (χ4v) is 1.10. The minimum Gasteiger partial charge on any atom is -0.383 e. The lowest BCUT2D eigenvalue weighted by atomic mass is 10.2. The molecule has 1 heterocycles. The van der Waals surface area contributed by atoms with Crippen LogP contribution in [0.5, 0.6) is 0 Å². The van der Waals surface area contributed by atoms with E-state index in [0.29, 0.717) is 19.6 Å². The van der Waals surface area contributed by atoms with E-state index >= 15 is 0 Å². The Labute approximate surface area is 54.4 Å². The second kappa shape index (κ2) is 3.13. The average Bonchev–Trinajstić information content (AvgIpc) is 2.17. The SMILES string of the molecule is COC[C@@H]1C[C@@H](F)CN1. The molecule has 0 aromatic heterocycles. The first-order valence-electron chi connectivity index (χ1n) is 3.19. The molecule has 2 atom stereocenters. The van der Waals surface area contributed by atoms with Crippen molar-refractivity contribution in [3.8, 4) is 0 Å². The third-order valence-electron chi connectivity index (χ3n) is 1.54. The van der Waals surface area contributed by atoms with Gasteiger partial charge in [-0.2, -0.15) is 0 Å². The van der Waals surface area contributed by atoms with Crippen LogP contribution in [0.15, 0.2) is 0 Å². The highest BCUT2D eigenvalue weighted by Crippen LogP contribution is 2.09. The number of halogens is 1. The second-order valence-corrected chi connectivity index (χ2v) is 2.39. The standard InChI is InChI=1S/C6H12FNO/c1-9-4-6-2-5(7)3-8-6/h5-6,8H,2-4H2,1H3/t5-,6+/m1/s1. The predicted molar refractivity (Wildman–Crippen MR) is 33.2 cm³/mol. The Morgan fingerprint density at radius 1 is 1.78 bits per heavy atom. The van der Waals surface area contributed by atoms with E-state index in [1.165, 1.54) is 0 Å². The second-order valence-electron chi connectivity index (χ2n) is 2.39. The molecule has 0 spiro atoms. The molecule has 0 saturated carbocycles. The van der Waals surface area contributed by atoms with E-state index in [2.05, 4.69) is 5.32 Å². The summed E-state index contributed by atoms with van der Waals surface area (Å²) in [6, 6.07) is 0.241. The van der Waals surface area contributed by atoms with Crippen LogP contribution in [0.25, 0.3) is 0 Å². The molecule has 9 heavy (non-hydrogen) atoms. The lowest BCUT2D eigenvalue weighted by Gasteiger charge is -2.05. The number of hydrogen-bond donors (Lipinski definition) is 1. The van der Waals surface area contributed by atoms with Crippen molar-refractivity contribution in [2.45, 2.75) is 18.6 Å². The fraction of sp³-hybridized carbons (Fsp3) is 1.00. The molecule has 1 fully saturated rings. The first-order valence-corrected chi connectivity index (χ1v) is 3.19. The van der Waals surface area contributed by atoms with Crippen molar-refractivity contribution < 1.29 is 9.13 Å². The molecule has 0 amide bonds. The molecule has 0 aliphatic carbocycles. The van der Waals surface area contributed by atoms with Gasteiger partial charge in [0.2, 0.25) is 0 Å². The van der Waals surface area contributed by atoms with Gasteiger partial charge in [0.05, 0.1) is 6.61 Å². The summed E-state index contributed by atoms with van der Waals surface area (Å²) in [6.07, 6.45) is -0.0569. The van der Waals surface area contributed by atoms with Crippen molar-refractivity contribution in [2.24, 2.45) is 0 Å². The molecule has 0 radical (unpaired) electrons. The zero-order valence-corrected chi connectivity index (χ0v) is 5.56. The predicted octanol–water partition coefficient (Wildman–Crippen LogP) is 0.333. The first-order chi connectivity index (χ1) is 4.33. The lowest BCUT2D eigenvalue weighted by Crippen LogP contribution is -2.25. The summed E-state index contributed by atoms with van der Waals surface area (Å²) in [5.74, 6) is 0. The molecule has 0 aromatic carbocycles. The largest absolute Gasteiger partial charge is 0.383 e. The highest BCUT2D eigenvalue weighted by atomic mass is 19.1. The molecule has 1 aliphatic rings. The maximum absolute atomic E-state index is 12.4. The summed E-state index contributed by atoms with van der Waals surface area (Å²) in [6.45, 7) is 1.12. The Hall–Kier alpha value is -0.150. The molecule has 1 rings (SSSR count). The smallest absolute Gasteiger partial charge is 0.114 e. The van der Waals surface area contributed by atoms with Gasteiger partial charge in [-0.3, -0.25) is 0 Å². The van der Waals surface area contributed by atoms with Crippen LogP contribution in [-0.4, -0.2) is 32.5 Å².